The molecule has 30 heavy (non-hydrogen) atoms. The number of benzene rings is 1. The molecule has 1 aromatic carbocycles. The molecule has 2 heterocycles. The van der Waals surface area contributed by atoms with Crippen molar-refractivity contribution >= 4 is 17.0 Å². The first-order valence-corrected chi connectivity index (χ1v) is 10.8. The van der Waals surface area contributed by atoms with Crippen molar-refractivity contribution in [3.05, 3.63) is 41.6 Å². The lowest BCUT2D eigenvalue weighted by molar-refractivity contribution is 0.0917. The number of fused-ring (bicyclic) bond motifs is 3. The molecule has 0 aliphatic heterocycles. The highest BCUT2D eigenvalue weighted by Crippen LogP contribution is 2.49. The van der Waals surface area contributed by atoms with Gasteiger partial charge in [-0.2, -0.15) is 0 Å². The van der Waals surface area contributed by atoms with Gasteiger partial charge < -0.3 is 14.6 Å². The number of hydrogen-bond donors (Lipinski definition) is 1. The highest BCUT2D eigenvalue weighted by atomic mass is 16.5. The summed E-state index contributed by atoms with van der Waals surface area (Å²) in [6.45, 7) is 4.01. The van der Waals surface area contributed by atoms with Crippen molar-refractivity contribution in [3.63, 3.8) is 0 Å². The number of amides is 1. The molecule has 2 aliphatic carbocycles. The Morgan fingerprint density at radius 2 is 2.13 bits per heavy atom. The first-order valence-electron chi connectivity index (χ1n) is 10.8. The van der Waals surface area contributed by atoms with Crippen LogP contribution in [0.4, 0.5) is 0 Å². The minimum Gasteiger partial charge on any atom is -0.497 e. The predicted molar refractivity (Wildman–Crippen MR) is 114 cm³/mol. The Balaban J connectivity index is 1.50. The predicted octanol–water partition coefficient (Wildman–Crippen LogP) is 4.76. The van der Waals surface area contributed by atoms with E-state index in [1.165, 1.54) is 25.7 Å². The van der Waals surface area contributed by atoms with Gasteiger partial charge in [0.05, 0.1) is 18.1 Å². The molecule has 2 aromatic heterocycles. The SMILES string of the molecule is COc1cccc(-c2noc3nc(C)cc(C(=O)N[C@H](C)[C@@H]4C[C@@H]5CC[C@@H]4C5)c23)c1. The Kier molecular flexibility index (Phi) is 4.72. The van der Waals surface area contributed by atoms with Crippen molar-refractivity contribution in [1.82, 2.24) is 15.5 Å². The second-order valence-electron chi connectivity index (χ2n) is 8.86. The molecule has 5 rings (SSSR count). The number of rotatable bonds is 5. The van der Waals surface area contributed by atoms with Crippen molar-refractivity contribution in [2.24, 2.45) is 17.8 Å². The summed E-state index contributed by atoms with van der Waals surface area (Å²) in [7, 11) is 1.63. The van der Waals surface area contributed by atoms with Gasteiger partial charge in [0, 0.05) is 17.3 Å². The second kappa shape index (κ2) is 7.42. The average Bonchev–Trinajstić information content (AvgIpc) is 3.48. The summed E-state index contributed by atoms with van der Waals surface area (Å²) in [6, 6.07) is 9.56. The maximum Gasteiger partial charge on any atom is 0.259 e. The number of pyridine rings is 1. The third-order valence-corrected chi connectivity index (χ3v) is 6.96. The van der Waals surface area contributed by atoms with Gasteiger partial charge >= 0.3 is 0 Å². The first-order chi connectivity index (χ1) is 14.5. The maximum absolute atomic E-state index is 13.4. The van der Waals surface area contributed by atoms with E-state index in [-0.39, 0.29) is 11.9 Å². The molecule has 1 amide bonds. The number of hydrogen-bond acceptors (Lipinski definition) is 5. The summed E-state index contributed by atoms with van der Waals surface area (Å²) >= 11 is 0. The normalized spacial score (nSPS) is 23.6. The van der Waals surface area contributed by atoms with Crippen LogP contribution in [0.15, 0.2) is 34.9 Å². The van der Waals surface area contributed by atoms with Gasteiger partial charge in [-0.25, -0.2) is 4.98 Å². The van der Waals surface area contributed by atoms with E-state index in [0.29, 0.717) is 28.3 Å². The van der Waals surface area contributed by atoms with E-state index in [9.17, 15) is 4.79 Å². The Morgan fingerprint density at radius 1 is 1.27 bits per heavy atom. The molecule has 6 heteroatoms. The minimum absolute atomic E-state index is 0.0897. The van der Waals surface area contributed by atoms with Crippen LogP contribution in [0.1, 0.15) is 48.7 Å². The highest BCUT2D eigenvalue weighted by Gasteiger charge is 2.42. The molecule has 0 saturated heterocycles. The largest absolute Gasteiger partial charge is 0.497 e. The van der Waals surface area contributed by atoms with Gasteiger partial charge in [0.25, 0.3) is 11.6 Å². The van der Waals surface area contributed by atoms with Crippen molar-refractivity contribution in [1.29, 1.82) is 0 Å². The average molecular weight is 405 g/mol. The number of nitrogens with one attached hydrogen (secondary N) is 1. The molecule has 0 radical (unpaired) electrons. The Labute approximate surface area is 176 Å². The fourth-order valence-corrected chi connectivity index (χ4v) is 5.52. The second-order valence-corrected chi connectivity index (χ2v) is 8.86. The topological polar surface area (TPSA) is 77.2 Å². The van der Waals surface area contributed by atoms with Crippen LogP contribution in [-0.2, 0) is 0 Å². The van der Waals surface area contributed by atoms with Crippen molar-refractivity contribution < 1.29 is 14.1 Å². The Morgan fingerprint density at radius 3 is 2.87 bits per heavy atom. The maximum atomic E-state index is 13.4. The van der Waals surface area contributed by atoms with Crippen LogP contribution in [0.25, 0.3) is 22.4 Å². The Hall–Kier alpha value is -2.89. The van der Waals surface area contributed by atoms with Crippen LogP contribution in [0.5, 0.6) is 5.75 Å². The number of aryl methyl sites for hydroxylation is 1. The van der Waals surface area contributed by atoms with E-state index >= 15 is 0 Å². The zero-order valence-corrected chi connectivity index (χ0v) is 17.6. The number of methoxy groups -OCH3 is 1. The van der Waals surface area contributed by atoms with Crippen LogP contribution in [0.3, 0.4) is 0 Å². The van der Waals surface area contributed by atoms with E-state index in [1.54, 1.807) is 7.11 Å². The van der Waals surface area contributed by atoms with E-state index in [1.807, 2.05) is 37.3 Å². The third-order valence-electron chi connectivity index (χ3n) is 6.96. The number of carbonyl (C=O) groups is 1. The lowest BCUT2D eigenvalue weighted by atomic mass is 9.84. The molecule has 2 aliphatic rings. The third kappa shape index (κ3) is 3.24. The van der Waals surface area contributed by atoms with Crippen LogP contribution in [0, 0.1) is 24.7 Å². The van der Waals surface area contributed by atoms with Crippen molar-refractivity contribution in [3.8, 4) is 17.0 Å². The van der Waals surface area contributed by atoms with Crippen LogP contribution < -0.4 is 10.1 Å². The minimum atomic E-state index is -0.0897. The molecule has 0 unspecified atom stereocenters. The van der Waals surface area contributed by atoms with Gasteiger partial charge in [0.1, 0.15) is 11.4 Å². The summed E-state index contributed by atoms with van der Waals surface area (Å²) in [5.74, 6) is 2.82. The number of carbonyl (C=O) groups excluding carboxylic acids is 1. The molecule has 1 N–H and O–H groups in total. The molecule has 2 saturated carbocycles. The van der Waals surface area contributed by atoms with Gasteiger partial charge in [-0.15, -0.1) is 0 Å². The summed E-state index contributed by atoms with van der Waals surface area (Å²) in [6.07, 6.45) is 5.23. The zero-order chi connectivity index (χ0) is 20.8. The van der Waals surface area contributed by atoms with Crippen LogP contribution in [0.2, 0.25) is 0 Å². The molecule has 2 fully saturated rings. The zero-order valence-electron chi connectivity index (χ0n) is 17.6. The monoisotopic (exact) mass is 405 g/mol. The fraction of sp³-hybridized carbons (Fsp3) is 0.458. The van der Waals surface area contributed by atoms with E-state index in [2.05, 4.69) is 22.4 Å². The summed E-state index contributed by atoms with van der Waals surface area (Å²) in [5.41, 5.74) is 3.11. The van der Waals surface area contributed by atoms with Crippen LogP contribution in [-0.4, -0.2) is 29.2 Å². The Bertz CT molecular complexity index is 1110. The van der Waals surface area contributed by atoms with Crippen LogP contribution >= 0.6 is 0 Å². The van der Waals surface area contributed by atoms with Gasteiger partial charge in [0.15, 0.2) is 0 Å². The summed E-state index contributed by atoms with van der Waals surface area (Å²) in [5, 5.41) is 8.16. The molecule has 3 aromatic rings. The van der Waals surface area contributed by atoms with Crippen molar-refractivity contribution in [2.75, 3.05) is 7.11 Å². The number of aromatic nitrogens is 2. The van der Waals surface area contributed by atoms with E-state index in [4.69, 9.17) is 9.26 Å². The van der Waals surface area contributed by atoms with Gasteiger partial charge in [-0.3, -0.25) is 4.79 Å². The lowest BCUT2D eigenvalue weighted by Crippen LogP contribution is -2.40. The van der Waals surface area contributed by atoms with Gasteiger partial charge in [0.2, 0.25) is 0 Å². The quantitative estimate of drug-likeness (QED) is 0.662. The van der Waals surface area contributed by atoms with E-state index < -0.39 is 0 Å². The van der Waals surface area contributed by atoms with Gasteiger partial charge in [-0.1, -0.05) is 23.7 Å². The standard InChI is InChI=1S/C24H27N3O3/c1-13-9-20(23(28)26-14(2)19-11-15-7-8-16(19)10-15)21-22(27-30-24(21)25-13)17-5-4-6-18(12-17)29-3/h4-6,9,12,14-16,19H,7-8,10-11H2,1-3H3,(H,26,28)/t14-,15-,16-,19+/m1/s1. The first kappa shape index (κ1) is 19.1. The molecule has 156 valence electrons. The molecule has 0 spiro atoms. The summed E-state index contributed by atoms with van der Waals surface area (Å²) < 4.78 is 10.9. The fourth-order valence-electron chi connectivity index (χ4n) is 5.52. The molecule has 6 nitrogen and oxygen atoms in total. The summed E-state index contributed by atoms with van der Waals surface area (Å²) in [4.78, 5) is 17.8. The van der Waals surface area contributed by atoms with Crippen molar-refractivity contribution in [2.45, 2.75) is 45.6 Å². The highest BCUT2D eigenvalue weighted by molar-refractivity contribution is 6.09. The van der Waals surface area contributed by atoms with Gasteiger partial charge in [-0.05, 0) is 69.1 Å². The number of nitrogens with zero attached hydrogens (tertiary/aromatic N) is 2. The smallest absolute Gasteiger partial charge is 0.259 e. The number of ether oxygens (including phenoxy) is 1. The lowest BCUT2D eigenvalue weighted by Gasteiger charge is -2.28. The molecular formula is C24H27N3O3. The van der Waals surface area contributed by atoms with E-state index in [0.717, 1.165) is 28.8 Å². The molecular weight excluding hydrogens is 378 g/mol. The molecule has 2 bridgehead atoms. The molecule has 4 atom stereocenters.